The van der Waals surface area contributed by atoms with Crippen LogP contribution in [-0.2, 0) is 11.3 Å². The first kappa shape index (κ1) is 19.7. The zero-order chi connectivity index (χ0) is 18.8. The maximum absolute atomic E-state index is 13.1. The first-order valence-corrected chi connectivity index (χ1v) is 8.06. The summed E-state index contributed by atoms with van der Waals surface area (Å²) in [6.07, 6.45) is -4.55. The zero-order valence-corrected chi connectivity index (χ0v) is 14.5. The van der Waals surface area contributed by atoms with E-state index in [2.05, 4.69) is 0 Å². The molecular weight excluding hydrogens is 363 g/mol. The molecule has 1 aromatic carbocycles. The summed E-state index contributed by atoms with van der Waals surface area (Å²) in [6.45, 7) is 1.77. The van der Waals surface area contributed by atoms with Crippen molar-refractivity contribution in [1.82, 2.24) is 4.90 Å². The highest BCUT2D eigenvalue weighted by molar-refractivity contribution is 6.32. The molecule has 9 heteroatoms. The Hall–Kier alpha value is -1.67. The van der Waals surface area contributed by atoms with Gasteiger partial charge < -0.3 is 14.6 Å². The Morgan fingerprint density at radius 3 is 2.56 bits per heavy atom. The van der Waals surface area contributed by atoms with Crippen LogP contribution in [0.15, 0.2) is 12.1 Å². The first-order valence-electron chi connectivity index (χ1n) is 7.68. The van der Waals surface area contributed by atoms with Gasteiger partial charge >= 0.3 is 12.1 Å². The summed E-state index contributed by atoms with van der Waals surface area (Å²) in [7, 11) is 1.44. The number of methoxy groups -OCH3 is 1. The van der Waals surface area contributed by atoms with Crippen LogP contribution in [0, 0.1) is 11.8 Å². The molecule has 0 aromatic heterocycles. The van der Waals surface area contributed by atoms with E-state index in [1.54, 1.807) is 19.1 Å². The van der Waals surface area contributed by atoms with Gasteiger partial charge in [0.1, 0.15) is 0 Å². The lowest BCUT2D eigenvalue weighted by Gasteiger charge is -2.19. The smallest absolute Gasteiger partial charge is 0.393 e. The number of benzene rings is 1. The van der Waals surface area contributed by atoms with Crippen molar-refractivity contribution in [2.45, 2.75) is 19.6 Å². The van der Waals surface area contributed by atoms with Crippen LogP contribution in [0.25, 0.3) is 0 Å². The normalized spacial score (nSPS) is 21.4. The van der Waals surface area contributed by atoms with Crippen molar-refractivity contribution in [3.63, 3.8) is 0 Å². The van der Waals surface area contributed by atoms with Crippen LogP contribution in [-0.4, -0.2) is 49.0 Å². The van der Waals surface area contributed by atoms with Gasteiger partial charge in [0.05, 0.1) is 30.6 Å². The summed E-state index contributed by atoms with van der Waals surface area (Å²) < 4.78 is 49.8. The van der Waals surface area contributed by atoms with Crippen molar-refractivity contribution in [3.05, 3.63) is 22.7 Å². The Balaban J connectivity index is 2.20. The van der Waals surface area contributed by atoms with Gasteiger partial charge in [-0.2, -0.15) is 13.2 Å². The number of hydrogen-bond donors (Lipinski definition) is 1. The minimum atomic E-state index is -4.55. The molecule has 1 aromatic rings. The van der Waals surface area contributed by atoms with Gasteiger partial charge in [0, 0.05) is 19.6 Å². The van der Waals surface area contributed by atoms with Crippen LogP contribution in [0.5, 0.6) is 11.5 Å². The van der Waals surface area contributed by atoms with Gasteiger partial charge in [0.15, 0.2) is 11.5 Å². The molecule has 1 saturated heterocycles. The molecule has 25 heavy (non-hydrogen) atoms. The molecule has 0 radical (unpaired) electrons. The molecule has 140 valence electrons. The van der Waals surface area contributed by atoms with Gasteiger partial charge in [-0.25, -0.2) is 0 Å². The average molecular weight is 382 g/mol. The number of carbonyl (C=O) groups is 1. The van der Waals surface area contributed by atoms with Gasteiger partial charge in [-0.1, -0.05) is 11.6 Å². The highest BCUT2D eigenvalue weighted by atomic mass is 35.5. The Labute approximate surface area is 148 Å². The summed E-state index contributed by atoms with van der Waals surface area (Å²) in [4.78, 5) is 12.6. The number of halogens is 4. The second-order valence-electron chi connectivity index (χ2n) is 5.83. The van der Waals surface area contributed by atoms with Crippen LogP contribution in [0.1, 0.15) is 12.5 Å². The number of hydrogen-bond acceptors (Lipinski definition) is 4. The van der Waals surface area contributed by atoms with Crippen LogP contribution in [0.2, 0.25) is 5.02 Å². The summed E-state index contributed by atoms with van der Waals surface area (Å²) in [5, 5.41) is 9.36. The van der Waals surface area contributed by atoms with Crippen molar-refractivity contribution < 1.29 is 32.5 Å². The Kier molecular flexibility index (Phi) is 6.05. The third-order valence-electron chi connectivity index (χ3n) is 4.12. The molecule has 0 spiro atoms. The third kappa shape index (κ3) is 4.49. The largest absolute Gasteiger partial charge is 0.493 e. The average Bonchev–Trinajstić information content (AvgIpc) is 2.94. The summed E-state index contributed by atoms with van der Waals surface area (Å²) in [5.74, 6) is -4.05. The Morgan fingerprint density at radius 2 is 2.08 bits per heavy atom. The van der Waals surface area contributed by atoms with E-state index in [0.29, 0.717) is 23.7 Å². The lowest BCUT2D eigenvalue weighted by atomic mass is 9.96. The molecule has 1 aliphatic rings. The summed E-state index contributed by atoms with van der Waals surface area (Å²) >= 11 is 6.16. The lowest BCUT2D eigenvalue weighted by molar-refractivity contribution is -0.188. The van der Waals surface area contributed by atoms with E-state index >= 15 is 0 Å². The lowest BCUT2D eigenvalue weighted by Crippen LogP contribution is -2.33. The molecule has 1 N–H and O–H groups in total. The van der Waals surface area contributed by atoms with E-state index in [9.17, 15) is 18.0 Å². The number of carboxylic acid groups (broad SMARTS) is 1. The molecule has 2 rings (SSSR count). The van der Waals surface area contributed by atoms with Crippen molar-refractivity contribution >= 4 is 17.6 Å². The maximum atomic E-state index is 13.1. The third-order valence-corrected chi connectivity index (χ3v) is 4.40. The van der Waals surface area contributed by atoms with Crippen LogP contribution in [0.3, 0.4) is 0 Å². The molecule has 0 unspecified atom stereocenters. The second-order valence-corrected chi connectivity index (χ2v) is 6.24. The minimum absolute atomic E-state index is 0.138. The Morgan fingerprint density at radius 1 is 1.40 bits per heavy atom. The van der Waals surface area contributed by atoms with E-state index < -0.39 is 24.0 Å². The SMILES string of the molecule is CCOc1c(Cl)cc(CN2C[C@@H](C(F)(F)F)[C@H](C(=O)O)C2)cc1OC. The molecule has 1 heterocycles. The molecule has 5 nitrogen and oxygen atoms in total. The van der Waals surface area contributed by atoms with Gasteiger partial charge in [-0.05, 0) is 24.6 Å². The molecule has 0 saturated carbocycles. The molecule has 0 aliphatic carbocycles. The highest BCUT2D eigenvalue weighted by Gasteiger charge is 2.52. The first-order chi connectivity index (χ1) is 11.7. The topological polar surface area (TPSA) is 59.0 Å². The number of nitrogens with zero attached hydrogens (tertiary/aromatic N) is 1. The Bertz CT molecular complexity index is 639. The number of likely N-dealkylation sites (tertiary alicyclic amines) is 1. The number of alkyl halides is 3. The maximum Gasteiger partial charge on any atom is 0.393 e. The van der Waals surface area contributed by atoms with E-state index in [4.69, 9.17) is 26.2 Å². The standard InChI is InChI=1S/C16H19ClF3NO4/c1-3-25-14-12(17)4-9(5-13(14)24-2)6-21-7-10(15(22)23)11(8-21)16(18,19)20/h4-5,10-11H,3,6-8H2,1-2H3,(H,22,23)/t10-,11-/m1/s1. The number of carboxylic acids is 1. The quantitative estimate of drug-likeness (QED) is 0.818. The monoisotopic (exact) mass is 381 g/mol. The van der Waals surface area contributed by atoms with E-state index in [0.717, 1.165) is 0 Å². The van der Waals surface area contributed by atoms with Gasteiger partial charge in [-0.15, -0.1) is 0 Å². The second kappa shape index (κ2) is 7.70. The number of rotatable bonds is 6. The molecule has 0 amide bonds. The fourth-order valence-electron chi connectivity index (χ4n) is 3.00. The van der Waals surface area contributed by atoms with Crippen LogP contribution >= 0.6 is 11.6 Å². The van der Waals surface area contributed by atoms with E-state index in [-0.39, 0.29) is 24.7 Å². The minimum Gasteiger partial charge on any atom is -0.493 e. The predicted molar refractivity (Wildman–Crippen MR) is 85.1 cm³/mol. The fourth-order valence-corrected chi connectivity index (χ4v) is 3.29. The predicted octanol–water partition coefficient (Wildman–Crippen LogP) is 3.44. The summed E-state index contributed by atoms with van der Waals surface area (Å²) in [6, 6.07) is 3.22. The summed E-state index contributed by atoms with van der Waals surface area (Å²) in [5.41, 5.74) is 0.622. The van der Waals surface area contributed by atoms with Crippen molar-refractivity contribution in [3.8, 4) is 11.5 Å². The van der Waals surface area contributed by atoms with Gasteiger partial charge in [-0.3, -0.25) is 9.69 Å². The van der Waals surface area contributed by atoms with Crippen LogP contribution in [0.4, 0.5) is 13.2 Å². The van der Waals surface area contributed by atoms with E-state index in [1.807, 2.05) is 0 Å². The molecule has 1 aliphatic heterocycles. The fraction of sp³-hybridized carbons (Fsp3) is 0.562. The van der Waals surface area contributed by atoms with Gasteiger partial charge in [0.2, 0.25) is 0 Å². The molecule has 2 atom stereocenters. The van der Waals surface area contributed by atoms with Crippen molar-refractivity contribution in [2.75, 3.05) is 26.8 Å². The molecule has 0 bridgehead atoms. The van der Waals surface area contributed by atoms with Crippen LogP contribution < -0.4 is 9.47 Å². The van der Waals surface area contributed by atoms with Gasteiger partial charge in [0.25, 0.3) is 0 Å². The highest BCUT2D eigenvalue weighted by Crippen LogP contribution is 2.40. The zero-order valence-electron chi connectivity index (χ0n) is 13.8. The molecular formula is C16H19ClF3NO4. The number of aliphatic carboxylic acids is 1. The van der Waals surface area contributed by atoms with Crippen molar-refractivity contribution in [2.24, 2.45) is 11.8 Å². The number of ether oxygens (including phenoxy) is 2. The molecule has 1 fully saturated rings. The van der Waals surface area contributed by atoms with E-state index in [1.165, 1.54) is 12.0 Å². The van der Waals surface area contributed by atoms with Crippen molar-refractivity contribution in [1.29, 1.82) is 0 Å².